The van der Waals surface area contributed by atoms with Crippen LogP contribution in [0.1, 0.15) is 47.5 Å². The summed E-state index contributed by atoms with van der Waals surface area (Å²) in [5.74, 6) is -0.139. The number of hydrogen-bond acceptors (Lipinski definition) is 5. The summed E-state index contributed by atoms with van der Waals surface area (Å²) in [6.07, 6.45) is 3.46. The molecule has 2 aromatic rings. The summed E-state index contributed by atoms with van der Waals surface area (Å²) >= 11 is 6.13. The minimum atomic E-state index is -0.449. The van der Waals surface area contributed by atoms with Crippen LogP contribution in [0.2, 0.25) is 5.02 Å². The largest absolute Gasteiger partial charge is 0.349 e. The highest BCUT2D eigenvalue weighted by atomic mass is 35.5. The molecule has 1 fully saturated rings. The van der Waals surface area contributed by atoms with Crippen LogP contribution in [-0.4, -0.2) is 40.9 Å². The number of benzene rings is 1. The van der Waals surface area contributed by atoms with E-state index in [-0.39, 0.29) is 22.7 Å². The fourth-order valence-corrected chi connectivity index (χ4v) is 2.78. The Morgan fingerprint density at radius 1 is 1.22 bits per heavy atom. The molecule has 2 N–H and O–H groups in total. The van der Waals surface area contributed by atoms with Gasteiger partial charge in [0.05, 0.1) is 11.2 Å². The highest BCUT2D eigenvalue weighted by Gasteiger charge is 2.24. The second-order valence-electron chi connectivity index (χ2n) is 6.32. The van der Waals surface area contributed by atoms with Crippen molar-refractivity contribution in [3.05, 3.63) is 46.7 Å². The third kappa shape index (κ3) is 4.74. The molecule has 0 atom stereocenters. The fraction of sp³-hybridized carbons (Fsp3) is 0.368. The van der Waals surface area contributed by atoms with Crippen LogP contribution in [0.4, 0.5) is 11.6 Å². The molecule has 27 heavy (non-hydrogen) atoms. The molecule has 1 aromatic carbocycles. The Hall–Kier alpha value is -2.67. The van der Waals surface area contributed by atoms with Gasteiger partial charge in [0, 0.05) is 30.4 Å². The van der Waals surface area contributed by atoms with E-state index in [1.165, 1.54) is 6.20 Å². The van der Waals surface area contributed by atoms with Gasteiger partial charge in [-0.15, -0.1) is 0 Å². The summed E-state index contributed by atoms with van der Waals surface area (Å²) in [5.41, 5.74) is 1.10. The first-order valence-corrected chi connectivity index (χ1v) is 9.39. The molecule has 0 radical (unpaired) electrons. The first kappa shape index (κ1) is 19.1. The number of carbonyl (C=O) groups is 2. The minimum Gasteiger partial charge on any atom is -0.349 e. The van der Waals surface area contributed by atoms with Crippen LogP contribution < -0.4 is 15.5 Å². The van der Waals surface area contributed by atoms with Crippen molar-refractivity contribution < 1.29 is 9.59 Å². The zero-order valence-electron chi connectivity index (χ0n) is 15.3. The van der Waals surface area contributed by atoms with Crippen molar-refractivity contribution in [2.75, 3.05) is 23.3 Å². The molecule has 0 aliphatic heterocycles. The van der Waals surface area contributed by atoms with Gasteiger partial charge in [-0.3, -0.25) is 9.59 Å². The third-order valence-corrected chi connectivity index (χ3v) is 4.56. The van der Waals surface area contributed by atoms with Gasteiger partial charge in [-0.2, -0.15) is 0 Å². The Morgan fingerprint density at radius 2 is 1.96 bits per heavy atom. The third-order valence-electron chi connectivity index (χ3n) is 4.29. The second-order valence-corrected chi connectivity index (χ2v) is 6.73. The lowest BCUT2D eigenvalue weighted by Gasteiger charge is -2.19. The lowest BCUT2D eigenvalue weighted by Crippen LogP contribution is -2.26. The van der Waals surface area contributed by atoms with E-state index < -0.39 is 5.91 Å². The number of halogens is 1. The van der Waals surface area contributed by atoms with Crippen molar-refractivity contribution in [1.82, 2.24) is 15.3 Å². The molecule has 0 saturated heterocycles. The number of carbonyl (C=O) groups excluding carboxylic acids is 2. The summed E-state index contributed by atoms with van der Waals surface area (Å²) in [4.78, 5) is 35.2. The highest BCUT2D eigenvalue weighted by molar-refractivity contribution is 6.34. The average Bonchev–Trinajstić information content (AvgIpc) is 3.48. The Kier molecular flexibility index (Phi) is 5.91. The monoisotopic (exact) mass is 387 g/mol. The zero-order chi connectivity index (χ0) is 19.4. The van der Waals surface area contributed by atoms with E-state index in [0.29, 0.717) is 17.2 Å². The number of nitrogens with one attached hydrogen (secondary N) is 2. The van der Waals surface area contributed by atoms with E-state index in [1.54, 1.807) is 24.3 Å². The number of aromatic nitrogens is 2. The maximum Gasteiger partial charge on any atom is 0.276 e. The van der Waals surface area contributed by atoms with Crippen molar-refractivity contribution in [3.8, 4) is 0 Å². The van der Waals surface area contributed by atoms with Crippen molar-refractivity contribution in [2.24, 2.45) is 0 Å². The van der Waals surface area contributed by atoms with Crippen molar-refractivity contribution in [3.63, 3.8) is 0 Å². The first-order chi connectivity index (χ1) is 13.0. The molecule has 1 aliphatic rings. The minimum absolute atomic E-state index is 0.0985. The highest BCUT2D eigenvalue weighted by Crippen LogP contribution is 2.21. The molecule has 1 aliphatic carbocycles. The molecule has 0 spiro atoms. The molecular formula is C19H22ClN5O2. The van der Waals surface area contributed by atoms with Gasteiger partial charge in [0.25, 0.3) is 11.8 Å². The normalized spacial score (nSPS) is 13.1. The van der Waals surface area contributed by atoms with Gasteiger partial charge in [0.1, 0.15) is 0 Å². The quantitative estimate of drug-likeness (QED) is 0.762. The maximum absolute atomic E-state index is 12.7. The molecule has 0 unspecified atom stereocenters. The summed E-state index contributed by atoms with van der Waals surface area (Å²) in [5, 5.41) is 5.85. The molecule has 7 nitrogen and oxygen atoms in total. The Bertz CT molecular complexity index is 850. The summed E-state index contributed by atoms with van der Waals surface area (Å²) in [6.45, 7) is 5.41. The van der Waals surface area contributed by atoms with Crippen LogP contribution in [0.25, 0.3) is 0 Å². The van der Waals surface area contributed by atoms with Crippen LogP contribution in [0, 0.1) is 0 Å². The number of anilines is 2. The predicted octanol–water partition coefficient (Wildman–Crippen LogP) is 3.12. The van der Waals surface area contributed by atoms with Crippen molar-refractivity contribution in [1.29, 1.82) is 0 Å². The predicted molar refractivity (Wildman–Crippen MR) is 105 cm³/mol. The van der Waals surface area contributed by atoms with Gasteiger partial charge in [-0.25, -0.2) is 9.97 Å². The van der Waals surface area contributed by atoms with Gasteiger partial charge in [-0.1, -0.05) is 17.7 Å². The summed E-state index contributed by atoms with van der Waals surface area (Å²) in [7, 11) is 0. The lowest BCUT2D eigenvalue weighted by molar-refractivity contribution is 0.0949. The van der Waals surface area contributed by atoms with Gasteiger partial charge in [0.15, 0.2) is 5.69 Å². The summed E-state index contributed by atoms with van der Waals surface area (Å²) in [6, 6.07) is 7.06. The Balaban J connectivity index is 1.77. The molecule has 1 saturated carbocycles. The Morgan fingerprint density at radius 3 is 2.63 bits per heavy atom. The molecular weight excluding hydrogens is 366 g/mol. The topological polar surface area (TPSA) is 87.2 Å². The molecule has 1 aromatic heterocycles. The first-order valence-electron chi connectivity index (χ1n) is 9.01. The van der Waals surface area contributed by atoms with Crippen LogP contribution in [-0.2, 0) is 0 Å². The number of hydrogen-bond donors (Lipinski definition) is 2. The van der Waals surface area contributed by atoms with E-state index in [4.69, 9.17) is 11.6 Å². The van der Waals surface area contributed by atoms with E-state index in [9.17, 15) is 9.59 Å². The van der Waals surface area contributed by atoms with Crippen molar-refractivity contribution >= 4 is 35.1 Å². The van der Waals surface area contributed by atoms with Crippen LogP contribution >= 0.6 is 11.6 Å². The van der Waals surface area contributed by atoms with Gasteiger partial charge < -0.3 is 15.5 Å². The molecule has 8 heteroatoms. The van der Waals surface area contributed by atoms with Gasteiger partial charge in [-0.05, 0) is 44.9 Å². The number of rotatable bonds is 7. The van der Waals surface area contributed by atoms with E-state index in [0.717, 1.165) is 25.9 Å². The zero-order valence-corrected chi connectivity index (χ0v) is 16.1. The van der Waals surface area contributed by atoms with E-state index >= 15 is 0 Å². The fourth-order valence-electron chi connectivity index (χ4n) is 2.60. The second kappa shape index (κ2) is 8.35. The molecule has 142 valence electrons. The standard InChI is InChI=1S/C19H22ClN5O2/c1-3-25(4-2)19-21-11-15(20)16(24-19)18(27)23-14-7-5-6-12(10-14)17(26)22-13-8-9-13/h5-7,10-11,13H,3-4,8-9H2,1-2H3,(H,22,26)(H,23,27). The van der Waals surface area contributed by atoms with Gasteiger partial charge in [0.2, 0.25) is 5.95 Å². The van der Waals surface area contributed by atoms with E-state index in [1.807, 2.05) is 18.7 Å². The molecule has 0 bridgehead atoms. The van der Waals surface area contributed by atoms with Crippen molar-refractivity contribution in [2.45, 2.75) is 32.7 Å². The summed E-state index contributed by atoms with van der Waals surface area (Å²) < 4.78 is 0. The average molecular weight is 388 g/mol. The van der Waals surface area contributed by atoms with Gasteiger partial charge >= 0.3 is 0 Å². The van der Waals surface area contributed by atoms with Crippen LogP contribution in [0.5, 0.6) is 0 Å². The van der Waals surface area contributed by atoms with Crippen LogP contribution in [0.15, 0.2) is 30.5 Å². The smallest absolute Gasteiger partial charge is 0.276 e. The number of nitrogens with zero attached hydrogens (tertiary/aromatic N) is 3. The SMILES string of the molecule is CCN(CC)c1ncc(Cl)c(C(=O)Nc2cccc(C(=O)NC3CC3)c2)n1. The maximum atomic E-state index is 12.7. The van der Waals surface area contributed by atoms with Crippen LogP contribution in [0.3, 0.4) is 0 Å². The van der Waals surface area contributed by atoms with E-state index in [2.05, 4.69) is 20.6 Å². The number of amides is 2. The molecule has 3 rings (SSSR count). The molecule has 1 heterocycles. The Labute approximate surface area is 163 Å². The lowest BCUT2D eigenvalue weighted by atomic mass is 10.2. The molecule has 2 amide bonds.